The van der Waals surface area contributed by atoms with Gasteiger partial charge in [0.1, 0.15) is 11.4 Å². The highest BCUT2D eigenvalue weighted by molar-refractivity contribution is 5.88. The molecule has 0 aliphatic rings. The molecule has 0 aliphatic heterocycles. The molecule has 2 heterocycles. The highest BCUT2D eigenvalue weighted by Gasteiger charge is 2.05. The lowest BCUT2D eigenvalue weighted by Crippen LogP contribution is -2.13. The van der Waals surface area contributed by atoms with Crippen LogP contribution < -0.4 is 5.32 Å². The van der Waals surface area contributed by atoms with E-state index in [2.05, 4.69) is 16.2 Å². The summed E-state index contributed by atoms with van der Waals surface area (Å²) in [7, 11) is 0. The molecule has 2 aromatic rings. The van der Waals surface area contributed by atoms with E-state index < -0.39 is 0 Å². The summed E-state index contributed by atoms with van der Waals surface area (Å²) in [4.78, 5) is 4.20. The summed E-state index contributed by atoms with van der Waals surface area (Å²) in [5.74, 6) is 3.35. The second-order valence-electron chi connectivity index (χ2n) is 3.02. The number of terminal acetylenes is 1. The topological polar surface area (TPSA) is 38.1 Å². The van der Waals surface area contributed by atoms with Gasteiger partial charge in [-0.15, -0.1) is 6.42 Å². The molecule has 2 aromatic heterocycles. The van der Waals surface area contributed by atoms with Crippen LogP contribution in [-0.2, 0) is 0 Å². The quantitative estimate of drug-likeness (QED) is 0.731. The van der Waals surface area contributed by atoms with Crippen molar-refractivity contribution in [1.82, 2.24) is 4.98 Å². The summed E-state index contributed by atoms with van der Waals surface area (Å²) in [5.41, 5.74) is 0.812. The van der Waals surface area contributed by atoms with Gasteiger partial charge >= 0.3 is 0 Å². The number of hydrogen-bond donors (Lipinski definition) is 1. The standard InChI is InChI=1S/C11H10N2O/c1-3-8(2)13-11-9-5-7-14-10(9)4-6-12-11/h1,4-8H,2H3,(H,12,13). The summed E-state index contributed by atoms with van der Waals surface area (Å²) in [6.07, 6.45) is 8.60. The van der Waals surface area contributed by atoms with E-state index >= 15 is 0 Å². The van der Waals surface area contributed by atoms with Crippen molar-refractivity contribution < 1.29 is 4.42 Å². The fourth-order valence-electron chi connectivity index (χ4n) is 1.26. The van der Waals surface area contributed by atoms with Crippen LogP contribution in [0.15, 0.2) is 29.0 Å². The number of rotatable bonds is 2. The van der Waals surface area contributed by atoms with Crippen LogP contribution in [-0.4, -0.2) is 11.0 Å². The fraction of sp³-hybridized carbons (Fsp3) is 0.182. The van der Waals surface area contributed by atoms with E-state index in [0.717, 1.165) is 16.8 Å². The minimum atomic E-state index is -0.0389. The Labute approximate surface area is 82.1 Å². The Morgan fingerprint density at radius 3 is 3.21 bits per heavy atom. The monoisotopic (exact) mass is 186 g/mol. The molecular weight excluding hydrogens is 176 g/mol. The third kappa shape index (κ3) is 1.42. The molecule has 0 aromatic carbocycles. The van der Waals surface area contributed by atoms with E-state index in [4.69, 9.17) is 10.8 Å². The number of nitrogens with zero attached hydrogens (tertiary/aromatic N) is 1. The van der Waals surface area contributed by atoms with Crippen molar-refractivity contribution in [1.29, 1.82) is 0 Å². The molecule has 2 rings (SSSR count). The maximum atomic E-state index is 5.28. The van der Waals surface area contributed by atoms with E-state index in [0.29, 0.717) is 0 Å². The highest BCUT2D eigenvalue weighted by Crippen LogP contribution is 2.21. The second-order valence-corrected chi connectivity index (χ2v) is 3.02. The fourth-order valence-corrected chi connectivity index (χ4v) is 1.26. The Hall–Kier alpha value is -1.95. The zero-order valence-corrected chi connectivity index (χ0v) is 7.82. The van der Waals surface area contributed by atoms with Gasteiger partial charge in [-0.25, -0.2) is 4.98 Å². The van der Waals surface area contributed by atoms with Crippen molar-refractivity contribution in [3.8, 4) is 12.3 Å². The number of fused-ring (bicyclic) bond motifs is 1. The van der Waals surface area contributed by atoms with Crippen LogP contribution in [0.1, 0.15) is 6.92 Å². The number of nitrogens with one attached hydrogen (secondary N) is 1. The van der Waals surface area contributed by atoms with Gasteiger partial charge in [0, 0.05) is 6.20 Å². The van der Waals surface area contributed by atoms with Crippen LogP contribution >= 0.6 is 0 Å². The summed E-state index contributed by atoms with van der Waals surface area (Å²) in [6, 6.07) is 3.65. The minimum Gasteiger partial charge on any atom is -0.464 e. The Balaban J connectivity index is 2.42. The number of aromatic nitrogens is 1. The smallest absolute Gasteiger partial charge is 0.139 e. The predicted molar refractivity (Wildman–Crippen MR) is 55.9 cm³/mol. The second kappa shape index (κ2) is 3.43. The van der Waals surface area contributed by atoms with Crippen molar-refractivity contribution in [2.24, 2.45) is 0 Å². The van der Waals surface area contributed by atoms with Crippen LogP contribution in [0.3, 0.4) is 0 Å². The van der Waals surface area contributed by atoms with Gasteiger partial charge in [-0.05, 0) is 19.1 Å². The highest BCUT2D eigenvalue weighted by atomic mass is 16.3. The van der Waals surface area contributed by atoms with Gasteiger partial charge < -0.3 is 9.73 Å². The van der Waals surface area contributed by atoms with Crippen molar-refractivity contribution in [2.75, 3.05) is 5.32 Å². The molecule has 0 spiro atoms. The first-order valence-electron chi connectivity index (χ1n) is 4.36. The molecule has 14 heavy (non-hydrogen) atoms. The van der Waals surface area contributed by atoms with Gasteiger partial charge in [-0.2, -0.15) is 0 Å². The third-order valence-corrected chi connectivity index (χ3v) is 1.98. The first-order chi connectivity index (χ1) is 6.81. The van der Waals surface area contributed by atoms with Gasteiger partial charge in [-0.1, -0.05) is 5.92 Å². The van der Waals surface area contributed by atoms with E-state index in [-0.39, 0.29) is 6.04 Å². The average Bonchev–Trinajstić information content (AvgIpc) is 2.66. The largest absolute Gasteiger partial charge is 0.464 e. The first-order valence-corrected chi connectivity index (χ1v) is 4.36. The summed E-state index contributed by atoms with van der Waals surface area (Å²) >= 11 is 0. The summed E-state index contributed by atoms with van der Waals surface area (Å²) in [6.45, 7) is 1.90. The SMILES string of the molecule is C#CC(C)Nc1nccc2occc12. The molecule has 3 heteroatoms. The Morgan fingerprint density at radius 1 is 1.57 bits per heavy atom. The van der Waals surface area contributed by atoms with Crippen LogP contribution in [0, 0.1) is 12.3 Å². The van der Waals surface area contributed by atoms with Crippen LogP contribution in [0.5, 0.6) is 0 Å². The van der Waals surface area contributed by atoms with Gasteiger partial charge in [0.15, 0.2) is 0 Å². The molecule has 0 saturated carbocycles. The molecule has 0 fully saturated rings. The molecule has 1 N–H and O–H groups in total. The van der Waals surface area contributed by atoms with Gasteiger partial charge in [-0.3, -0.25) is 0 Å². The van der Waals surface area contributed by atoms with Gasteiger partial charge in [0.25, 0.3) is 0 Å². The van der Waals surface area contributed by atoms with E-state index in [9.17, 15) is 0 Å². The number of pyridine rings is 1. The first kappa shape index (κ1) is 8.64. The molecule has 1 atom stereocenters. The predicted octanol–water partition coefficient (Wildman–Crippen LogP) is 2.26. The normalized spacial score (nSPS) is 12.3. The van der Waals surface area contributed by atoms with Crippen LogP contribution in [0.4, 0.5) is 5.82 Å². The number of anilines is 1. The Morgan fingerprint density at radius 2 is 2.43 bits per heavy atom. The van der Waals surface area contributed by atoms with Gasteiger partial charge in [0.05, 0.1) is 17.7 Å². The Kier molecular flexibility index (Phi) is 2.11. The molecule has 0 saturated heterocycles. The van der Waals surface area contributed by atoms with Gasteiger partial charge in [0.2, 0.25) is 0 Å². The lowest BCUT2D eigenvalue weighted by molar-refractivity contribution is 0.615. The van der Waals surface area contributed by atoms with E-state index in [1.54, 1.807) is 12.5 Å². The number of hydrogen-bond acceptors (Lipinski definition) is 3. The van der Waals surface area contributed by atoms with Crippen molar-refractivity contribution >= 4 is 16.8 Å². The minimum absolute atomic E-state index is 0.0389. The molecular formula is C11H10N2O. The summed E-state index contributed by atoms with van der Waals surface area (Å²) in [5, 5.41) is 4.07. The zero-order valence-electron chi connectivity index (χ0n) is 7.82. The van der Waals surface area contributed by atoms with E-state index in [1.165, 1.54) is 0 Å². The lowest BCUT2D eigenvalue weighted by atomic mass is 10.3. The molecule has 0 bridgehead atoms. The Bertz CT molecular complexity index is 481. The lowest BCUT2D eigenvalue weighted by Gasteiger charge is -2.08. The number of furan rings is 1. The maximum Gasteiger partial charge on any atom is 0.139 e. The molecule has 70 valence electrons. The van der Waals surface area contributed by atoms with Crippen LogP contribution in [0.25, 0.3) is 11.0 Å². The van der Waals surface area contributed by atoms with Crippen molar-refractivity contribution in [2.45, 2.75) is 13.0 Å². The third-order valence-electron chi connectivity index (χ3n) is 1.98. The van der Waals surface area contributed by atoms with Crippen LogP contribution in [0.2, 0.25) is 0 Å². The molecule has 1 unspecified atom stereocenters. The zero-order chi connectivity index (χ0) is 9.97. The molecule has 0 radical (unpaired) electrons. The van der Waals surface area contributed by atoms with Crippen molar-refractivity contribution in [3.05, 3.63) is 24.6 Å². The maximum absolute atomic E-state index is 5.28. The molecule has 0 aliphatic carbocycles. The average molecular weight is 186 g/mol. The molecule has 0 amide bonds. The molecule has 3 nitrogen and oxygen atoms in total. The van der Waals surface area contributed by atoms with Crippen molar-refractivity contribution in [3.63, 3.8) is 0 Å². The van der Waals surface area contributed by atoms with E-state index in [1.807, 2.05) is 19.1 Å². The summed E-state index contributed by atoms with van der Waals surface area (Å²) < 4.78 is 5.24.